The second kappa shape index (κ2) is 7.11. The number of hydrogen-bond acceptors (Lipinski definition) is 5. The van der Waals surface area contributed by atoms with Crippen LogP contribution in [0, 0.1) is 0 Å². The third-order valence-electron chi connectivity index (χ3n) is 2.96. The third-order valence-corrected chi connectivity index (χ3v) is 6.36. The molecule has 0 aromatic carbocycles. The first-order valence-corrected chi connectivity index (χ1v) is 9.92. The Hall–Kier alpha value is -0.310. The minimum absolute atomic E-state index is 0.251. The van der Waals surface area contributed by atoms with Crippen LogP contribution in [0.3, 0.4) is 0 Å². The Kier molecular flexibility index (Phi) is 5.71. The van der Waals surface area contributed by atoms with Crippen molar-refractivity contribution in [1.82, 2.24) is 9.29 Å². The Labute approximate surface area is 132 Å². The quantitative estimate of drug-likeness (QED) is 0.869. The van der Waals surface area contributed by atoms with E-state index in [-0.39, 0.29) is 4.90 Å². The maximum Gasteiger partial charge on any atom is 0.246 e. The lowest BCUT2D eigenvalue weighted by Gasteiger charge is -2.21. The van der Waals surface area contributed by atoms with Crippen molar-refractivity contribution in [2.24, 2.45) is 0 Å². The number of nitrogens with zero attached hydrogens (tertiary/aromatic N) is 2. The molecule has 1 aliphatic rings. The van der Waals surface area contributed by atoms with Gasteiger partial charge in [-0.1, -0.05) is 0 Å². The molecule has 5 nitrogen and oxygen atoms in total. The number of thioether (sulfide) groups is 1. The Morgan fingerprint density at radius 1 is 1.45 bits per heavy atom. The number of rotatable bonds is 4. The molecule has 1 N–H and O–H groups in total. The van der Waals surface area contributed by atoms with Crippen LogP contribution in [0.5, 0.6) is 0 Å². The van der Waals surface area contributed by atoms with E-state index in [1.807, 2.05) is 6.92 Å². The molecular formula is C12H18BrN3O2S2. The van der Waals surface area contributed by atoms with Gasteiger partial charge in [0.15, 0.2) is 0 Å². The lowest BCUT2D eigenvalue weighted by atomic mass is 10.4. The predicted molar refractivity (Wildman–Crippen MR) is 86.8 cm³/mol. The fraction of sp³-hybridized carbons (Fsp3) is 0.583. The van der Waals surface area contributed by atoms with Crippen LogP contribution in [0.15, 0.2) is 21.6 Å². The van der Waals surface area contributed by atoms with Gasteiger partial charge in [-0.15, -0.1) is 0 Å². The standard InChI is InChI=1S/C12H18BrN3O2S2/c1-2-14-12-11(8-10(13)9-15-12)20(17,18)16-4-3-6-19-7-5-16/h8-9H,2-7H2,1H3,(H,14,15). The van der Waals surface area contributed by atoms with Crippen molar-refractivity contribution >= 4 is 43.5 Å². The van der Waals surface area contributed by atoms with Gasteiger partial charge in [-0.3, -0.25) is 0 Å². The van der Waals surface area contributed by atoms with E-state index >= 15 is 0 Å². The summed E-state index contributed by atoms with van der Waals surface area (Å²) < 4.78 is 27.8. The lowest BCUT2D eigenvalue weighted by molar-refractivity contribution is 0.435. The Morgan fingerprint density at radius 2 is 2.25 bits per heavy atom. The largest absolute Gasteiger partial charge is 0.369 e. The van der Waals surface area contributed by atoms with Crippen molar-refractivity contribution < 1.29 is 8.42 Å². The number of sulfonamides is 1. The molecule has 0 unspecified atom stereocenters. The molecule has 0 atom stereocenters. The van der Waals surface area contributed by atoms with Crippen LogP contribution in [0.4, 0.5) is 5.82 Å². The van der Waals surface area contributed by atoms with E-state index in [1.54, 1.807) is 28.3 Å². The van der Waals surface area contributed by atoms with E-state index in [0.717, 1.165) is 17.9 Å². The molecule has 1 aromatic rings. The van der Waals surface area contributed by atoms with E-state index in [9.17, 15) is 8.42 Å². The van der Waals surface area contributed by atoms with Crippen LogP contribution < -0.4 is 5.32 Å². The minimum Gasteiger partial charge on any atom is -0.369 e. The first-order chi connectivity index (χ1) is 9.55. The molecule has 0 aliphatic carbocycles. The highest BCUT2D eigenvalue weighted by molar-refractivity contribution is 9.10. The van der Waals surface area contributed by atoms with Gasteiger partial charge >= 0.3 is 0 Å². The highest BCUT2D eigenvalue weighted by atomic mass is 79.9. The summed E-state index contributed by atoms with van der Waals surface area (Å²) in [7, 11) is -3.50. The number of anilines is 1. The summed E-state index contributed by atoms with van der Waals surface area (Å²) >= 11 is 5.10. The van der Waals surface area contributed by atoms with Gasteiger partial charge in [-0.2, -0.15) is 16.1 Å². The third kappa shape index (κ3) is 3.66. The van der Waals surface area contributed by atoms with E-state index in [1.165, 1.54) is 0 Å². The predicted octanol–water partition coefficient (Wildman–Crippen LogP) is 2.40. The van der Waals surface area contributed by atoms with E-state index < -0.39 is 10.0 Å². The molecule has 0 saturated carbocycles. The molecule has 1 aromatic heterocycles. The summed E-state index contributed by atoms with van der Waals surface area (Å²) in [6, 6.07) is 1.62. The van der Waals surface area contributed by atoms with E-state index in [0.29, 0.717) is 29.9 Å². The summed E-state index contributed by atoms with van der Waals surface area (Å²) in [4.78, 5) is 4.43. The zero-order valence-electron chi connectivity index (χ0n) is 11.3. The zero-order chi connectivity index (χ0) is 14.6. The fourth-order valence-corrected chi connectivity index (χ4v) is 5.13. The minimum atomic E-state index is -3.50. The second-order valence-electron chi connectivity index (χ2n) is 4.40. The van der Waals surface area contributed by atoms with Gasteiger partial charge in [0.1, 0.15) is 10.7 Å². The molecule has 0 amide bonds. The first kappa shape index (κ1) is 16.1. The first-order valence-electron chi connectivity index (χ1n) is 6.53. The van der Waals surface area contributed by atoms with E-state index in [2.05, 4.69) is 26.2 Å². The molecular weight excluding hydrogens is 362 g/mol. The van der Waals surface area contributed by atoms with Crippen molar-refractivity contribution in [3.05, 3.63) is 16.7 Å². The van der Waals surface area contributed by atoms with Crippen molar-refractivity contribution in [2.75, 3.05) is 36.5 Å². The van der Waals surface area contributed by atoms with Gasteiger partial charge < -0.3 is 5.32 Å². The summed E-state index contributed by atoms with van der Waals surface area (Å²) in [5.74, 6) is 2.28. The summed E-state index contributed by atoms with van der Waals surface area (Å²) in [6.45, 7) is 3.69. The van der Waals surface area contributed by atoms with Crippen molar-refractivity contribution in [3.8, 4) is 0 Å². The number of halogens is 1. The van der Waals surface area contributed by atoms with Crippen LogP contribution in [-0.2, 0) is 10.0 Å². The van der Waals surface area contributed by atoms with Gasteiger partial charge in [-0.25, -0.2) is 13.4 Å². The van der Waals surface area contributed by atoms with Gasteiger partial charge in [-0.05, 0) is 41.1 Å². The average molecular weight is 380 g/mol. The molecule has 0 spiro atoms. The zero-order valence-corrected chi connectivity index (χ0v) is 14.5. The van der Waals surface area contributed by atoms with Crippen LogP contribution in [0.2, 0.25) is 0 Å². The topological polar surface area (TPSA) is 62.3 Å². The average Bonchev–Trinajstić information content (AvgIpc) is 2.70. The molecule has 20 heavy (non-hydrogen) atoms. The highest BCUT2D eigenvalue weighted by Crippen LogP contribution is 2.27. The van der Waals surface area contributed by atoms with Gasteiger partial charge in [0.25, 0.3) is 0 Å². The number of aromatic nitrogens is 1. The van der Waals surface area contributed by atoms with Gasteiger partial charge in [0.2, 0.25) is 10.0 Å². The van der Waals surface area contributed by atoms with Crippen LogP contribution >= 0.6 is 27.7 Å². The maximum absolute atomic E-state index is 12.8. The second-order valence-corrected chi connectivity index (χ2v) is 8.45. The number of hydrogen-bond donors (Lipinski definition) is 1. The van der Waals surface area contributed by atoms with E-state index in [4.69, 9.17) is 0 Å². The van der Waals surface area contributed by atoms with Crippen molar-refractivity contribution in [3.63, 3.8) is 0 Å². The van der Waals surface area contributed by atoms with Crippen LogP contribution in [-0.4, -0.2) is 48.8 Å². The monoisotopic (exact) mass is 379 g/mol. The van der Waals surface area contributed by atoms with Gasteiger partial charge in [0, 0.05) is 36.1 Å². The number of pyridine rings is 1. The fourth-order valence-electron chi connectivity index (χ4n) is 2.02. The smallest absolute Gasteiger partial charge is 0.246 e. The molecule has 2 rings (SSSR count). The van der Waals surface area contributed by atoms with Crippen molar-refractivity contribution in [1.29, 1.82) is 0 Å². The van der Waals surface area contributed by atoms with Gasteiger partial charge in [0.05, 0.1) is 0 Å². The molecule has 2 heterocycles. The SMILES string of the molecule is CCNc1ncc(Br)cc1S(=O)(=O)N1CCCSCC1. The molecule has 1 saturated heterocycles. The van der Waals surface area contributed by atoms with Crippen LogP contribution in [0.25, 0.3) is 0 Å². The van der Waals surface area contributed by atoms with Crippen molar-refractivity contribution in [2.45, 2.75) is 18.2 Å². The lowest BCUT2D eigenvalue weighted by Crippen LogP contribution is -2.33. The normalized spacial score (nSPS) is 17.7. The Bertz CT molecular complexity index is 558. The molecule has 8 heteroatoms. The summed E-state index contributed by atoms with van der Waals surface area (Å²) in [5, 5.41) is 3.02. The molecule has 1 aliphatic heterocycles. The maximum atomic E-state index is 12.8. The Morgan fingerprint density at radius 3 is 3.00 bits per heavy atom. The Balaban J connectivity index is 2.39. The summed E-state index contributed by atoms with van der Waals surface area (Å²) in [5.41, 5.74) is 0. The molecule has 0 bridgehead atoms. The summed E-state index contributed by atoms with van der Waals surface area (Å²) in [6.07, 6.45) is 2.50. The number of nitrogens with one attached hydrogen (secondary N) is 1. The molecule has 0 radical (unpaired) electrons. The molecule has 1 fully saturated rings. The highest BCUT2D eigenvalue weighted by Gasteiger charge is 2.28. The van der Waals surface area contributed by atoms with Crippen LogP contribution in [0.1, 0.15) is 13.3 Å². The molecule has 112 valence electrons.